The first-order valence-electron chi connectivity index (χ1n) is 25.4. The molecule has 1 fully saturated rings. The van der Waals surface area contributed by atoms with Gasteiger partial charge in [-0.2, -0.15) is 0 Å². The minimum atomic E-state index is 0.0555. The van der Waals surface area contributed by atoms with E-state index in [1.54, 1.807) is 0 Å². The van der Waals surface area contributed by atoms with Gasteiger partial charge in [-0.1, -0.05) is 228 Å². The van der Waals surface area contributed by atoms with Crippen LogP contribution in [0.2, 0.25) is 0 Å². The van der Waals surface area contributed by atoms with Gasteiger partial charge in [-0.3, -0.25) is 0 Å². The minimum absolute atomic E-state index is 0.0555. The van der Waals surface area contributed by atoms with E-state index < -0.39 is 0 Å². The summed E-state index contributed by atoms with van der Waals surface area (Å²) in [6.07, 6.45) is 36.1. The molecule has 2 unspecified atom stereocenters. The number of anilines is 2. The molecule has 0 heterocycles. The molecule has 2 atom stereocenters. The quantitative estimate of drug-likeness (QED) is 0.0424. The van der Waals surface area contributed by atoms with Crippen molar-refractivity contribution in [1.82, 2.24) is 0 Å². The van der Waals surface area contributed by atoms with E-state index in [0.29, 0.717) is 11.8 Å². The van der Waals surface area contributed by atoms with Crippen molar-refractivity contribution in [2.24, 2.45) is 5.92 Å². The summed E-state index contributed by atoms with van der Waals surface area (Å²) in [4.78, 5) is 0. The van der Waals surface area contributed by atoms with Crippen molar-refractivity contribution in [2.75, 3.05) is 11.5 Å². The van der Waals surface area contributed by atoms with E-state index in [1.165, 1.54) is 207 Å². The Hall–Kier alpha value is -3.52. The highest BCUT2D eigenvalue weighted by molar-refractivity contribution is 5.47. The lowest BCUT2D eigenvalue weighted by Gasteiger charge is -2.42. The molecule has 1 aliphatic rings. The smallest absolute Gasteiger partial charge is 0.0314 e. The zero-order valence-electron chi connectivity index (χ0n) is 38.7. The van der Waals surface area contributed by atoms with Crippen molar-refractivity contribution >= 4 is 11.4 Å². The highest BCUT2D eigenvalue weighted by atomic mass is 14.5. The van der Waals surface area contributed by atoms with Crippen LogP contribution in [0.15, 0.2) is 97.1 Å². The zero-order chi connectivity index (χ0) is 42.3. The molecule has 2 heteroatoms. The summed E-state index contributed by atoms with van der Waals surface area (Å²) in [5.74, 6) is 1.66. The Balaban J connectivity index is 1.36. The number of unbranched alkanes of at least 4 members (excludes halogenated alkanes) is 17. The summed E-state index contributed by atoms with van der Waals surface area (Å²) in [7, 11) is 0. The summed E-state index contributed by atoms with van der Waals surface area (Å²) in [6, 6.07) is 37.6. The fraction of sp³-hybridized carbons (Fsp3) is 0.586. The van der Waals surface area contributed by atoms with Crippen LogP contribution in [0.3, 0.4) is 0 Å². The first kappa shape index (κ1) is 47.5. The van der Waals surface area contributed by atoms with Gasteiger partial charge < -0.3 is 11.5 Å². The molecule has 0 amide bonds. The van der Waals surface area contributed by atoms with Crippen molar-refractivity contribution in [3.05, 3.63) is 130 Å². The second-order valence-corrected chi connectivity index (χ2v) is 19.1. The maximum atomic E-state index is 6.18. The number of rotatable bonds is 29. The van der Waals surface area contributed by atoms with Gasteiger partial charge in [0.05, 0.1) is 0 Å². The van der Waals surface area contributed by atoms with E-state index in [0.717, 1.165) is 17.3 Å². The Morgan fingerprint density at radius 2 is 0.700 bits per heavy atom. The Kier molecular flexibility index (Phi) is 21.2. The van der Waals surface area contributed by atoms with Gasteiger partial charge in [0.15, 0.2) is 0 Å². The maximum Gasteiger partial charge on any atom is 0.0314 e. The standard InChI is InChI=1S/C58H86N2/c1-4-7-10-13-15-17-19-22-25-56(50-31-39-54(59)40-32-50)48-27-35-52(36-28-48)58(45-43-47(44-46-58)24-21-12-9-6-3)53-37-29-49(30-38-53)57(51-33-41-55(60)42-34-51)26-23-20-18-16-14-11-8-5-2/h27-42,47,56-57H,4-26,43-46,59-60H2,1-3H3. The van der Waals surface area contributed by atoms with E-state index in [1.807, 2.05) is 0 Å². The molecule has 1 aliphatic carbocycles. The number of benzene rings is 4. The van der Waals surface area contributed by atoms with Gasteiger partial charge in [0.1, 0.15) is 0 Å². The molecule has 0 spiro atoms. The second kappa shape index (κ2) is 26.7. The van der Waals surface area contributed by atoms with Crippen LogP contribution in [-0.4, -0.2) is 0 Å². The van der Waals surface area contributed by atoms with Crippen LogP contribution >= 0.6 is 0 Å². The molecule has 0 aliphatic heterocycles. The van der Waals surface area contributed by atoms with E-state index >= 15 is 0 Å². The average molecular weight is 811 g/mol. The van der Waals surface area contributed by atoms with Gasteiger partial charge in [-0.25, -0.2) is 0 Å². The molecule has 4 N–H and O–H groups in total. The summed E-state index contributed by atoms with van der Waals surface area (Å²) in [6.45, 7) is 6.94. The van der Waals surface area contributed by atoms with Gasteiger partial charge >= 0.3 is 0 Å². The largest absolute Gasteiger partial charge is 0.399 e. The summed E-state index contributed by atoms with van der Waals surface area (Å²) in [5, 5.41) is 0. The molecule has 5 rings (SSSR count). The van der Waals surface area contributed by atoms with Crippen molar-refractivity contribution < 1.29 is 0 Å². The maximum absolute atomic E-state index is 6.18. The van der Waals surface area contributed by atoms with Gasteiger partial charge in [0.25, 0.3) is 0 Å². The molecule has 0 radical (unpaired) electrons. The third kappa shape index (κ3) is 14.8. The van der Waals surface area contributed by atoms with Crippen LogP contribution in [0.5, 0.6) is 0 Å². The fourth-order valence-corrected chi connectivity index (χ4v) is 10.6. The van der Waals surface area contributed by atoms with Gasteiger partial charge in [-0.15, -0.1) is 0 Å². The molecule has 0 aromatic heterocycles. The van der Waals surface area contributed by atoms with E-state index in [2.05, 4.69) is 118 Å². The lowest BCUT2D eigenvalue weighted by atomic mass is 9.62. The Morgan fingerprint density at radius 3 is 1.05 bits per heavy atom. The number of hydrogen-bond donors (Lipinski definition) is 2. The molecule has 60 heavy (non-hydrogen) atoms. The highest BCUT2D eigenvalue weighted by Crippen LogP contribution is 2.48. The van der Waals surface area contributed by atoms with Crippen molar-refractivity contribution in [2.45, 2.75) is 211 Å². The minimum Gasteiger partial charge on any atom is -0.399 e. The monoisotopic (exact) mass is 811 g/mol. The normalized spacial score (nSPS) is 17.8. The number of hydrogen-bond acceptors (Lipinski definition) is 2. The van der Waals surface area contributed by atoms with Crippen molar-refractivity contribution in [3.8, 4) is 0 Å². The van der Waals surface area contributed by atoms with E-state index in [9.17, 15) is 0 Å². The first-order valence-corrected chi connectivity index (χ1v) is 25.4. The third-order valence-corrected chi connectivity index (χ3v) is 14.5. The topological polar surface area (TPSA) is 52.0 Å². The van der Waals surface area contributed by atoms with Gasteiger partial charge in [-0.05, 0) is 102 Å². The lowest BCUT2D eigenvalue weighted by Crippen LogP contribution is -2.33. The van der Waals surface area contributed by atoms with Crippen molar-refractivity contribution in [1.29, 1.82) is 0 Å². The molecular weight excluding hydrogens is 725 g/mol. The molecule has 0 bridgehead atoms. The zero-order valence-corrected chi connectivity index (χ0v) is 38.7. The molecule has 328 valence electrons. The molecule has 4 aromatic rings. The van der Waals surface area contributed by atoms with Crippen molar-refractivity contribution in [3.63, 3.8) is 0 Å². The SMILES string of the molecule is CCCCCCCCCCC(c1ccc(N)cc1)c1ccc(C2(c3ccc(C(CCCCCCCCCC)c4ccc(N)cc4)cc3)CCC(CCCCCC)CC2)cc1. The number of nitrogens with two attached hydrogens (primary N) is 2. The lowest BCUT2D eigenvalue weighted by molar-refractivity contribution is 0.250. The van der Waals surface area contributed by atoms with Crippen LogP contribution < -0.4 is 11.5 Å². The number of nitrogen functional groups attached to an aromatic ring is 2. The predicted molar refractivity (Wildman–Crippen MR) is 264 cm³/mol. The van der Waals surface area contributed by atoms with Gasteiger partial charge in [0.2, 0.25) is 0 Å². The van der Waals surface area contributed by atoms with Crippen LogP contribution in [-0.2, 0) is 5.41 Å². The predicted octanol–water partition coefficient (Wildman–Crippen LogP) is 17.6. The molecule has 2 nitrogen and oxygen atoms in total. The summed E-state index contributed by atoms with van der Waals surface area (Å²) >= 11 is 0. The van der Waals surface area contributed by atoms with E-state index in [4.69, 9.17) is 11.5 Å². The fourth-order valence-electron chi connectivity index (χ4n) is 10.6. The summed E-state index contributed by atoms with van der Waals surface area (Å²) < 4.78 is 0. The third-order valence-electron chi connectivity index (χ3n) is 14.5. The van der Waals surface area contributed by atoms with Crippen LogP contribution in [0.25, 0.3) is 0 Å². The highest BCUT2D eigenvalue weighted by Gasteiger charge is 2.38. The second-order valence-electron chi connectivity index (χ2n) is 19.1. The molecule has 4 aromatic carbocycles. The van der Waals surface area contributed by atoms with Crippen LogP contribution in [0.4, 0.5) is 11.4 Å². The first-order chi connectivity index (χ1) is 29.5. The molecule has 1 saturated carbocycles. The molecular formula is C58H86N2. The Morgan fingerprint density at radius 1 is 0.400 bits per heavy atom. The summed E-state index contributed by atoms with van der Waals surface area (Å²) in [5.41, 5.74) is 22.9. The average Bonchev–Trinajstić information content (AvgIpc) is 3.28. The van der Waals surface area contributed by atoms with E-state index in [-0.39, 0.29) is 5.41 Å². The van der Waals surface area contributed by atoms with Gasteiger partial charge in [0, 0.05) is 28.6 Å². The van der Waals surface area contributed by atoms with Crippen LogP contribution in [0.1, 0.15) is 239 Å². The Bertz CT molecular complexity index is 1560. The Labute approximate surface area is 369 Å². The van der Waals surface area contributed by atoms with Crippen LogP contribution in [0, 0.1) is 5.92 Å². The molecule has 0 saturated heterocycles.